The van der Waals surface area contributed by atoms with Crippen LogP contribution in [0.4, 0.5) is 49.7 Å². The molecule has 1 fully saturated rings. The number of carbonyl (C=O) groups is 2. The van der Waals surface area contributed by atoms with E-state index in [1.807, 2.05) is 0 Å². The third-order valence-corrected chi connectivity index (χ3v) is 6.56. The molecule has 0 bridgehead atoms. The maximum atomic E-state index is 14.7. The number of hydrogen-bond donors (Lipinski definition) is 2. The molecule has 43 heavy (non-hydrogen) atoms. The molecule has 3 aromatic rings. The van der Waals surface area contributed by atoms with Gasteiger partial charge in [0.1, 0.15) is 23.6 Å². The van der Waals surface area contributed by atoms with Crippen molar-refractivity contribution < 1.29 is 58.2 Å². The molecule has 1 aliphatic heterocycles. The van der Waals surface area contributed by atoms with Gasteiger partial charge in [0.2, 0.25) is 11.8 Å². The first kappa shape index (κ1) is 31.5. The molecule has 0 aromatic carbocycles. The van der Waals surface area contributed by atoms with Crippen LogP contribution in [0.1, 0.15) is 22.3 Å². The van der Waals surface area contributed by atoms with Crippen LogP contribution in [0.25, 0.3) is 16.8 Å². The number of nitrogens with two attached hydrogens (primary N) is 1. The number of hydrogen-bond acceptors (Lipinski definition) is 7. The van der Waals surface area contributed by atoms with Crippen molar-refractivity contribution in [3.8, 4) is 17.1 Å². The number of anilines is 1. The van der Waals surface area contributed by atoms with Crippen LogP contribution in [0.3, 0.4) is 0 Å². The molecule has 4 rings (SSSR count). The van der Waals surface area contributed by atoms with E-state index in [2.05, 4.69) is 20.4 Å². The van der Waals surface area contributed by atoms with Crippen LogP contribution in [0, 0.1) is 5.92 Å². The van der Waals surface area contributed by atoms with Gasteiger partial charge < -0.3 is 20.7 Å². The second-order valence-corrected chi connectivity index (χ2v) is 9.36. The van der Waals surface area contributed by atoms with Crippen molar-refractivity contribution >= 4 is 23.1 Å². The van der Waals surface area contributed by atoms with Crippen molar-refractivity contribution in [1.29, 1.82) is 0 Å². The number of nitrogen functional groups attached to an aromatic ring is 1. The number of rotatable bonds is 6. The molecule has 0 spiro atoms. The maximum absolute atomic E-state index is 14.7. The van der Waals surface area contributed by atoms with Crippen LogP contribution in [-0.2, 0) is 11.0 Å². The molecule has 0 saturated carbocycles. The number of fused-ring (bicyclic) bond motifs is 1. The summed E-state index contributed by atoms with van der Waals surface area (Å²) in [6.45, 7) is -1.67. The highest BCUT2D eigenvalue weighted by atomic mass is 19.4. The number of pyridine rings is 1. The van der Waals surface area contributed by atoms with E-state index >= 15 is 0 Å². The predicted octanol–water partition coefficient (Wildman–Crippen LogP) is 3.81. The minimum Gasteiger partial charge on any atom is -0.480 e. The Morgan fingerprint density at radius 2 is 1.72 bits per heavy atom. The van der Waals surface area contributed by atoms with E-state index in [0.717, 1.165) is 30.2 Å². The smallest absolute Gasteiger partial charge is 0.418 e. The van der Waals surface area contributed by atoms with Gasteiger partial charge in [0.25, 0.3) is 5.91 Å². The minimum absolute atomic E-state index is 0.111. The number of alkyl halides is 10. The number of aromatic nitrogens is 4. The summed E-state index contributed by atoms with van der Waals surface area (Å²) >= 11 is 0. The summed E-state index contributed by atoms with van der Waals surface area (Å²) in [4.78, 5) is 33.2. The average molecular weight is 631 g/mol. The number of nitrogens with one attached hydrogen (secondary N) is 1. The van der Waals surface area contributed by atoms with Crippen molar-refractivity contribution in [3.63, 3.8) is 0 Å². The van der Waals surface area contributed by atoms with E-state index in [0.29, 0.717) is 11.0 Å². The fourth-order valence-corrected chi connectivity index (χ4v) is 4.48. The number of ether oxygens (including phenoxy) is 1. The Morgan fingerprint density at radius 1 is 1.07 bits per heavy atom. The van der Waals surface area contributed by atoms with Gasteiger partial charge in [0.05, 0.1) is 31.0 Å². The number of likely N-dealkylation sites (tertiary alicyclic amines) is 1. The molecule has 10 nitrogen and oxygen atoms in total. The van der Waals surface area contributed by atoms with E-state index in [4.69, 9.17) is 10.5 Å². The zero-order valence-corrected chi connectivity index (χ0v) is 21.5. The van der Waals surface area contributed by atoms with E-state index in [9.17, 15) is 53.5 Å². The molecule has 3 aromatic heterocycles. The summed E-state index contributed by atoms with van der Waals surface area (Å²) < 4.78 is 139. The van der Waals surface area contributed by atoms with Crippen LogP contribution in [0.5, 0.6) is 5.88 Å². The van der Waals surface area contributed by atoms with Gasteiger partial charge in [-0.25, -0.2) is 18.9 Å². The molecule has 2 amide bonds. The third kappa shape index (κ3) is 6.36. The molecule has 20 heteroatoms. The van der Waals surface area contributed by atoms with Crippen LogP contribution in [0.2, 0.25) is 0 Å². The molecule has 4 heterocycles. The van der Waals surface area contributed by atoms with Crippen LogP contribution >= 0.6 is 0 Å². The normalized spacial score (nSPS) is 18.0. The molecule has 1 saturated heterocycles. The Labute approximate surface area is 233 Å². The summed E-state index contributed by atoms with van der Waals surface area (Å²) in [6.07, 6.45) is -18.6. The second-order valence-electron chi connectivity index (χ2n) is 9.36. The summed E-state index contributed by atoms with van der Waals surface area (Å²) in [7, 11) is 1.09. The van der Waals surface area contributed by atoms with Gasteiger partial charge in [0, 0.05) is 24.7 Å². The Morgan fingerprint density at radius 3 is 2.30 bits per heavy atom. The van der Waals surface area contributed by atoms with Crippen LogP contribution < -0.4 is 15.8 Å². The van der Waals surface area contributed by atoms with Gasteiger partial charge in [-0.15, -0.1) is 0 Å². The number of carbonyl (C=O) groups excluding carboxylic acids is 2. The summed E-state index contributed by atoms with van der Waals surface area (Å²) in [5.41, 5.74) is 3.07. The van der Waals surface area contributed by atoms with Crippen molar-refractivity contribution in [2.24, 2.45) is 5.92 Å². The lowest BCUT2D eigenvalue weighted by Gasteiger charge is -2.25. The van der Waals surface area contributed by atoms with E-state index < -0.39 is 90.4 Å². The van der Waals surface area contributed by atoms with Gasteiger partial charge in [0.15, 0.2) is 11.7 Å². The number of amides is 2. The second kappa shape index (κ2) is 11.0. The van der Waals surface area contributed by atoms with Gasteiger partial charge >= 0.3 is 18.5 Å². The standard InChI is InChI=1S/C23H19F10N7O3/c1-43-20-10(2-9(5-35-20)14-3-11(21(25,26)27)17-18(34)36-8-37-40(14)17)19(42)38-13-7-39(6-12(13)24)16(41)4-15(22(28,29)30)23(31,32)33/h2-3,5,8,12-13,15H,4,6-7H2,1H3,(H,38,42)(H2,34,36,37)/t12-,13+/m0/s1. The molecule has 234 valence electrons. The SMILES string of the molecule is COc1ncc(-c2cc(C(F)(F)F)c3c(N)ncnn23)cc1C(=O)N[C@@H]1CN(C(=O)CC(C(F)(F)F)C(F)(F)F)C[C@@H]1F. The van der Waals surface area contributed by atoms with Crippen molar-refractivity contribution in [3.05, 3.63) is 35.8 Å². The molecule has 0 aliphatic carbocycles. The van der Waals surface area contributed by atoms with Gasteiger partial charge in [-0.3, -0.25) is 9.59 Å². The zero-order chi connectivity index (χ0) is 32.1. The lowest BCUT2D eigenvalue weighted by Crippen LogP contribution is -2.43. The number of halogens is 10. The van der Waals surface area contributed by atoms with Crippen molar-refractivity contribution in [2.75, 3.05) is 25.9 Å². The highest BCUT2D eigenvalue weighted by Gasteiger charge is 2.57. The van der Waals surface area contributed by atoms with Crippen LogP contribution in [-0.4, -0.2) is 81.1 Å². The third-order valence-electron chi connectivity index (χ3n) is 6.56. The summed E-state index contributed by atoms with van der Waals surface area (Å²) in [5, 5.41) is 5.94. The highest BCUT2D eigenvalue weighted by molar-refractivity contribution is 5.98. The lowest BCUT2D eigenvalue weighted by atomic mass is 10.0. The van der Waals surface area contributed by atoms with Crippen molar-refractivity contribution in [1.82, 2.24) is 29.8 Å². The fourth-order valence-electron chi connectivity index (χ4n) is 4.48. The van der Waals surface area contributed by atoms with E-state index in [1.165, 1.54) is 0 Å². The first-order chi connectivity index (χ1) is 19.8. The average Bonchev–Trinajstić information content (AvgIpc) is 3.47. The highest BCUT2D eigenvalue weighted by Crippen LogP contribution is 2.42. The van der Waals surface area contributed by atoms with Crippen molar-refractivity contribution in [2.45, 2.75) is 37.2 Å². The van der Waals surface area contributed by atoms with Gasteiger partial charge in [-0.05, 0) is 12.1 Å². The van der Waals surface area contributed by atoms with Gasteiger partial charge in [-0.2, -0.15) is 44.6 Å². The predicted molar refractivity (Wildman–Crippen MR) is 125 cm³/mol. The molecular formula is C23H19F10N7O3. The molecule has 0 radical (unpaired) electrons. The van der Waals surface area contributed by atoms with Crippen LogP contribution in [0.15, 0.2) is 24.7 Å². The largest absolute Gasteiger partial charge is 0.480 e. The quantitative estimate of drug-likeness (QED) is 0.396. The summed E-state index contributed by atoms with van der Waals surface area (Å²) in [6, 6.07) is 0.140. The van der Waals surface area contributed by atoms with E-state index in [-0.39, 0.29) is 17.1 Å². The Hall–Kier alpha value is -4.39. The molecule has 3 N–H and O–H groups in total. The Balaban J connectivity index is 1.59. The first-order valence-electron chi connectivity index (χ1n) is 11.9. The van der Waals surface area contributed by atoms with E-state index in [1.54, 1.807) is 0 Å². The Bertz CT molecular complexity index is 1520. The molecule has 0 unspecified atom stereocenters. The summed E-state index contributed by atoms with van der Waals surface area (Å²) in [5.74, 6) is -7.60. The molecular weight excluding hydrogens is 612 g/mol. The number of nitrogens with zero attached hydrogens (tertiary/aromatic N) is 5. The topological polar surface area (TPSA) is 128 Å². The zero-order valence-electron chi connectivity index (χ0n) is 21.5. The first-order valence-corrected chi connectivity index (χ1v) is 11.9. The number of methoxy groups -OCH3 is 1. The molecule has 1 aliphatic rings. The monoisotopic (exact) mass is 631 g/mol. The Kier molecular flexibility index (Phi) is 8.09. The molecule has 2 atom stereocenters. The fraction of sp³-hybridized carbons (Fsp3) is 0.435. The lowest BCUT2D eigenvalue weighted by molar-refractivity contribution is -0.284. The van der Waals surface area contributed by atoms with Gasteiger partial charge in [-0.1, -0.05) is 0 Å². The minimum atomic E-state index is -5.78. The maximum Gasteiger partial charge on any atom is 0.418 e.